The minimum Gasteiger partial charge on any atom is -0.507 e. The van der Waals surface area contributed by atoms with Gasteiger partial charge in [-0.3, -0.25) is 9.59 Å². The molecule has 2 N–H and O–H groups in total. The molecule has 0 radical (unpaired) electrons. The average molecular weight is 253 g/mol. The number of phenols is 1. The number of carboxylic acid groups (broad SMARTS) is 1. The van der Waals surface area contributed by atoms with Crippen molar-refractivity contribution in [1.29, 1.82) is 0 Å². The summed E-state index contributed by atoms with van der Waals surface area (Å²) in [7, 11) is 1.44. The van der Waals surface area contributed by atoms with Crippen molar-refractivity contribution in [2.75, 3.05) is 20.2 Å². The molecule has 0 bridgehead atoms. The van der Waals surface area contributed by atoms with E-state index in [9.17, 15) is 14.7 Å². The Bertz CT molecular complexity index is 458. The van der Waals surface area contributed by atoms with Gasteiger partial charge in [0.2, 0.25) is 0 Å². The molecule has 0 saturated carbocycles. The third kappa shape index (κ3) is 3.13. The fourth-order valence-electron chi connectivity index (χ4n) is 1.47. The van der Waals surface area contributed by atoms with Crippen LogP contribution in [-0.2, 0) is 4.79 Å². The van der Waals surface area contributed by atoms with Gasteiger partial charge in [0, 0.05) is 6.54 Å². The molecule has 6 heteroatoms. The van der Waals surface area contributed by atoms with Gasteiger partial charge in [0.1, 0.15) is 18.0 Å². The molecule has 0 aliphatic rings. The number of phenolic OH excluding ortho intramolecular Hbond substituents is 1. The van der Waals surface area contributed by atoms with Gasteiger partial charge in [-0.2, -0.15) is 0 Å². The molecule has 0 fully saturated rings. The lowest BCUT2D eigenvalue weighted by molar-refractivity contribution is -0.137. The van der Waals surface area contributed by atoms with Gasteiger partial charge >= 0.3 is 5.97 Å². The zero-order chi connectivity index (χ0) is 13.7. The second kappa shape index (κ2) is 5.90. The van der Waals surface area contributed by atoms with Crippen LogP contribution in [0.4, 0.5) is 0 Å². The number of benzene rings is 1. The number of carboxylic acids is 1. The quantitative estimate of drug-likeness (QED) is 0.815. The van der Waals surface area contributed by atoms with Crippen LogP contribution in [0.1, 0.15) is 17.3 Å². The number of rotatable bonds is 5. The Labute approximate surface area is 104 Å². The van der Waals surface area contributed by atoms with E-state index in [1.54, 1.807) is 6.92 Å². The van der Waals surface area contributed by atoms with E-state index >= 15 is 0 Å². The number of likely N-dealkylation sites (N-methyl/N-ethyl adjacent to an activating group) is 1. The highest BCUT2D eigenvalue weighted by Crippen LogP contribution is 2.24. The van der Waals surface area contributed by atoms with Crippen LogP contribution in [0.3, 0.4) is 0 Å². The molecule has 0 spiro atoms. The monoisotopic (exact) mass is 253 g/mol. The van der Waals surface area contributed by atoms with Crippen molar-refractivity contribution >= 4 is 11.9 Å². The predicted octanol–water partition coefficient (Wildman–Crippen LogP) is 0.947. The highest BCUT2D eigenvalue weighted by atomic mass is 16.5. The average Bonchev–Trinajstić information content (AvgIpc) is 2.35. The Morgan fingerprint density at radius 1 is 1.39 bits per heavy atom. The number of methoxy groups -OCH3 is 1. The molecule has 0 aromatic heterocycles. The summed E-state index contributed by atoms with van der Waals surface area (Å²) < 4.78 is 4.96. The molecule has 0 atom stereocenters. The summed E-state index contributed by atoms with van der Waals surface area (Å²) in [6, 6.07) is 4.22. The lowest BCUT2D eigenvalue weighted by Crippen LogP contribution is -2.35. The van der Waals surface area contributed by atoms with Crippen molar-refractivity contribution in [2.45, 2.75) is 6.92 Å². The molecule has 1 amide bonds. The van der Waals surface area contributed by atoms with Gasteiger partial charge < -0.3 is 19.8 Å². The Morgan fingerprint density at radius 3 is 2.56 bits per heavy atom. The number of aliphatic carboxylic acids is 1. The first-order valence-corrected chi connectivity index (χ1v) is 5.37. The predicted molar refractivity (Wildman–Crippen MR) is 63.9 cm³/mol. The van der Waals surface area contributed by atoms with Gasteiger partial charge in [-0.25, -0.2) is 0 Å². The van der Waals surface area contributed by atoms with E-state index in [2.05, 4.69) is 0 Å². The first-order chi connectivity index (χ1) is 8.49. The van der Waals surface area contributed by atoms with Crippen molar-refractivity contribution < 1.29 is 24.5 Å². The van der Waals surface area contributed by atoms with Gasteiger partial charge in [0.15, 0.2) is 0 Å². The Hall–Kier alpha value is -2.24. The SMILES string of the molecule is CCN(CC(=O)O)C(=O)c1cc(OC)ccc1O. The number of nitrogens with zero attached hydrogens (tertiary/aromatic N) is 1. The fraction of sp³-hybridized carbons (Fsp3) is 0.333. The van der Waals surface area contributed by atoms with E-state index in [-0.39, 0.29) is 17.9 Å². The van der Waals surface area contributed by atoms with Crippen molar-refractivity contribution in [3.63, 3.8) is 0 Å². The lowest BCUT2D eigenvalue weighted by atomic mass is 10.1. The van der Waals surface area contributed by atoms with Crippen molar-refractivity contribution in [1.82, 2.24) is 4.90 Å². The molecule has 18 heavy (non-hydrogen) atoms. The van der Waals surface area contributed by atoms with E-state index in [0.717, 1.165) is 4.90 Å². The van der Waals surface area contributed by atoms with Crippen LogP contribution in [0.5, 0.6) is 11.5 Å². The fourth-order valence-corrected chi connectivity index (χ4v) is 1.47. The number of carbonyl (C=O) groups is 2. The molecule has 98 valence electrons. The molecule has 1 aromatic carbocycles. The Kier molecular flexibility index (Phi) is 4.53. The highest BCUT2D eigenvalue weighted by Gasteiger charge is 2.20. The van der Waals surface area contributed by atoms with E-state index in [0.29, 0.717) is 5.75 Å². The molecule has 1 aromatic rings. The van der Waals surface area contributed by atoms with Crippen LogP contribution in [-0.4, -0.2) is 47.2 Å². The summed E-state index contributed by atoms with van der Waals surface area (Å²) in [5, 5.41) is 18.3. The van der Waals surface area contributed by atoms with Gasteiger partial charge in [-0.05, 0) is 25.1 Å². The molecule has 0 aliphatic carbocycles. The molecular weight excluding hydrogens is 238 g/mol. The van der Waals surface area contributed by atoms with Gasteiger partial charge in [-0.1, -0.05) is 0 Å². The number of hydrogen-bond acceptors (Lipinski definition) is 4. The summed E-state index contributed by atoms with van der Waals surface area (Å²) in [6.45, 7) is 1.49. The second-order valence-corrected chi connectivity index (χ2v) is 3.60. The van der Waals surface area contributed by atoms with E-state index in [4.69, 9.17) is 9.84 Å². The molecule has 0 saturated heterocycles. The van der Waals surface area contributed by atoms with Crippen molar-refractivity contribution in [2.24, 2.45) is 0 Å². The lowest BCUT2D eigenvalue weighted by Gasteiger charge is -2.19. The van der Waals surface area contributed by atoms with Gasteiger partial charge in [0.05, 0.1) is 12.7 Å². The van der Waals surface area contributed by atoms with Crippen LogP contribution in [0.2, 0.25) is 0 Å². The molecule has 0 heterocycles. The zero-order valence-corrected chi connectivity index (χ0v) is 10.2. The maximum Gasteiger partial charge on any atom is 0.323 e. The number of amides is 1. The standard InChI is InChI=1S/C12H15NO5/c1-3-13(7-11(15)16)12(17)9-6-8(18-2)4-5-10(9)14/h4-6,14H,3,7H2,1-2H3,(H,15,16). The Balaban J connectivity index is 3.04. The summed E-state index contributed by atoms with van der Waals surface area (Å²) in [5.41, 5.74) is 0.0254. The van der Waals surface area contributed by atoms with Crippen molar-refractivity contribution in [3.05, 3.63) is 23.8 Å². The molecule has 6 nitrogen and oxygen atoms in total. The highest BCUT2D eigenvalue weighted by molar-refractivity contribution is 5.98. The maximum atomic E-state index is 12.0. The topological polar surface area (TPSA) is 87.1 Å². The number of hydrogen-bond donors (Lipinski definition) is 2. The summed E-state index contributed by atoms with van der Waals surface area (Å²) in [4.78, 5) is 23.8. The summed E-state index contributed by atoms with van der Waals surface area (Å²) in [6.07, 6.45) is 0. The van der Waals surface area contributed by atoms with E-state index in [1.165, 1.54) is 25.3 Å². The molecular formula is C12H15NO5. The summed E-state index contributed by atoms with van der Waals surface area (Å²) >= 11 is 0. The number of ether oxygens (including phenoxy) is 1. The normalized spacial score (nSPS) is 9.89. The van der Waals surface area contributed by atoms with Gasteiger partial charge in [-0.15, -0.1) is 0 Å². The smallest absolute Gasteiger partial charge is 0.323 e. The van der Waals surface area contributed by atoms with Crippen LogP contribution in [0.25, 0.3) is 0 Å². The molecule has 0 aliphatic heterocycles. The maximum absolute atomic E-state index is 12.0. The third-order valence-electron chi connectivity index (χ3n) is 2.43. The first-order valence-electron chi connectivity index (χ1n) is 5.37. The largest absolute Gasteiger partial charge is 0.507 e. The number of aromatic hydroxyl groups is 1. The first kappa shape index (κ1) is 13.8. The van der Waals surface area contributed by atoms with Gasteiger partial charge in [0.25, 0.3) is 5.91 Å². The van der Waals surface area contributed by atoms with Crippen LogP contribution in [0, 0.1) is 0 Å². The van der Waals surface area contributed by atoms with E-state index in [1.807, 2.05) is 0 Å². The molecule has 0 unspecified atom stereocenters. The van der Waals surface area contributed by atoms with Crippen LogP contribution < -0.4 is 4.74 Å². The number of carbonyl (C=O) groups excluding carboxylic acids is 1. The van der Waals surface area contributed by atoms with Crippen molar-refractivity contribution in [3.8, 4) is 11.5 Å². The zero-order valence-electron chi connectivity index (χ0n) is 10.2. The van der Waals surface area contributed by atoms with E-state index < -0.39 is 18.4 Å². The third-order valence-corrected chi connectivity index (χ3v) is 2.43. The minimum absolute atomic E-state index is 0.0254. The van der Waals surface area contributed by atoms with Crippen LogP contribution in [0.15, 0.2) is 18.2 Å². The summed E-state index contributed by atoms with van der Waals surface area (Å²) in [5.74, 6) is -1.43. The minimum atomic E-state index is -1.10. The Morgan fingerprint density at radius 2 is 2.06 bits per heavy atom. The second-order valence-electron chi connectivity index (χ2n) is 3.60. The molecule has 1 rings (SSSR count). The van der Waals surface area contributed by atoms with Crippen LogP contribution >= 0.6 is 0 Å².